The lowest BCUT2D eigenvalue weighted by Crippen LogP contribution is -2.49. The van der Waals surface area contributed by atoms with Crippen LogP contribution in [0, 0.1) is 11.3 Å². The van der Waals surface area contributed by atoms with E-state index in [1.54, 1.807) is 0 Å². The van der Waals surface area contributed by atoms with Crippen LogP contribution in [-0.2, 0) is 10.2 Å². The highest BCUT2D eigenvalue weighted by molar-refractivity contribution is 7.87. The monoisotopic (exact) mass is 265 g/mol. The molecule has 0 heterocycles. The summed E-state index contributed by atoms with van der Waals surface area (Å²) in [6.45, 7) is 10.8. The molecule has 0 aromatic heterocycles. The van der Waals surface area contributed by atoms with Crippen LogP contribution in [-0.4, -0.2) is 27.5 Å². The molecule has 0 aromatic rings. The minimum atomic E-state index is -3.44. The molecule has 4 N–H and O–H groups in total. The molecule has 0 amide bonds. The molecule has 0 bridgehead atoms. The van der Waals surface area contributed by atoms with Gasteiger partial charge in [-0.3, -0.25) is 0 Å². The van der Waals surface area contributed by atoms with Gasteiger partial charge >= 0.3 is 0 Å². The molecule has 1 unspecified atom stereocenters. The van der Waals surface area contributed by atoms with Crippen LogP contribution in [0.4, 0.5) is 0 Å². The van der Waals surface area contributed by atoms with E-state index in [2.05, 4.69) is 9.44 Å². The van der Waals surface area contributed by atoms with E-state index in [4.69, 9.17) is 5.73 Å². The van der Waals surface area contributed by atoms with Crippen molar-refractivity contribution in [2.24, 2.45) is 17.1 Å². The minimum Gasteiger partial charge on any atom is -0.330 e. The Morgan fingerprint density at radius 1 is 1.24 bits per heavy atom. The fraction of sp³-hybridized carbons (Fsp3) is 1.00. The Bertz CT molecular complexity index is 307. The molecule has 0 aliphatic carbocycles. The molecular formula is C11H27N3O2S. The summed E-state index contributed by atoms with van der Waals surface area (Å²) in [5.74, 6) is 0.286. The number of nitrogens with one attached hydrogen (secondary N) is 2. The molecule has 17 heavy (non-hydrogen) atoms. The van der Waals surface area contributed by atoms with E-state index in [9.17, 15) is 8.42 Å². The van der Waals surface area contributed by atoms with Crippen molar-refractivity contribution in [3.8, 4) is 0 Å². The van der Waals surface area contributed by atoms with E-state index >= 15 is 0 Å². The van der Waals surface area contributed by atoms with Gasteiger partial charge in [0, 0.05) is 12.6 Å². The van der Waals surface area contributed by atoms with Crippen molar-refractivity contribution in [2.45, 2.75) is 47.1 Å². The lowest BCUT2D eigenvalue weighted by molar-refractivity contribution is 0.286. The quantitative estimate of drug-likeness (QED) is 0.637. The predicted molar refractivity (Wildman–Crippen MR) is 71.8 cm³/mol. The van der Waals surface area contributed by atoms with Gasteiger partial charge in [-0.05, 0) is 24.3 Å². The van der Waals surface area contributed by atoms with E-state index < -0.39 is 10.2 Å². The first-order valence-corrected chi connectivity index (χ1v) is 7.54. The van der Waals surface area contributed by atoms with Crippen molar-refractivity contribution in [1.82, 2.24) is 9.44 Å². The van der Waals surface area contributed by atoms with Crippen molar-refractivity contribution in [1.29, 1.82) is 0 Å². The smallest absolute Gasteiger partial charge is 0.277 e. The number of hydrogen-bond acceptors (Lipinski definition) is 3. The zero-order chi connectivity index (χ0) is 13.7. The first kappa shape index (κ1) is 16.8. The largest absolute Gasteiger partial charge is 0.330 e. The Balaban J connectivity index is 4.54. The van der Waals surface area contributed by atoms with Gasteiger partial charge in [-0.25, -0.2) is 4.72 Å². The van der Waals surface area contributed by atoms with Crippen LogP contribution >= 0.6 is 0 Å². The molecule has 6 heteroatoms. The van der Waals surface area contributed by atoms with Crippen LogP contribution < -0.4 is 15.2 Å². The molecule has 0 saturated carbocycles. The molecule has 0 rings (SSSR count). The maximum atomic E-state index is 11.8. The predicted octanol–water partition coefficient (Wildman–Crippen LogP) is 0.830. The fourth-order valence-corrected chi connectivity index (χ4v) is 2.82. The van der Waals surface area contributed by atoms with Crippen LogP contribution in [0.2, 0.25) is 0 Å². The molecule has 0 aliphatic rings. The van der Waals surface area contributed by atoms with Crippen molar-refractivity contribution < 1.29 is 8.42 Å². The average molecular weight is 265 g/mol. The highest BCUT2D eigenvalue weighted by atomic mass is 32.2. The van der Waals surface area contributed by atoms with Gasteiger partial charge in [0.1, 0.15) is 0 Å². The van der Waals surface area contributed by atoms with E-state index in [-0.39, 0.29) is 17.4 Å². The summed E-state index contributed by atoms with van der Waals surface area (Å²) in [5, 5.41) is 0. The van der Waals surface area contributed by atoms with E-state index in [1.807, 2.05) is 34.6 Å². The van der Waals surface area contributed by atoms with Gasteiger partial charge in [0.05, 0.1) is 0 Å². The summed E-state index contributed by atoms with van der Waals surface area (Å²) in [7, 11) is -3.44. The molecule has 0 saturated heterocycles. The normalized spacial score (nSPS) is 15.2. The second kappa shape index (κ2) is 6.68. The Labute approximate surface area is 106 Å². The van der Waals surface area contributed by atoms with Crippen molar-refractivity contribution in [3.63, 3.8) is 0 Å². The Morgan fingerprint density at radius 2 is 1.76 bits per heavy atom. The zero-order valence-corrected chi connectivity index (χ0v) is 12.4. The molecule has 0 aromatic carbocycles. The van der Waals surface area contributed by atoms with Gasteiger partial charge in [-0.15, -0.1) is 0 Å². The highest BCUT2D eigenvalue weighted by Gasteiger charge is 2.27. The third-order valence-corrected chi connectivity index (χ3v) is 3.62. The number of hydrogen-bond donors (Lipinski definition) is 3. The van der Waals surface area contributed by atoms with E-state index in [0.717, 1.165) is 0 Å². The topological polar surface area (TPSA) is 84.2 Å². The summed E-state index contributed by atoms with van der Waals surface area (Å²) in [4.78, 5) is 0. The van der Waals surface area contributed by atoms with Crippen LogP contribution in [0.15, 0.2) is 0 Å². The fourth-order valence-electron chi connectivity index (χ4n) is 1.34. The first-order chi connectivity index (χ1) is 7.58. The van der Waals surface area contributed by atoms with Gasteiger partial charge in [0.15, 0.2) is 0 Å². The Kier molecular flexibility index (Phi) is 6.61. The van der Waals surface area contributed by atoms with Crippen molar-refractivity contribution in [2.75, 3.05) is 13.1 Å². The lowest BCUT2D eigenvalue weighted by atomic mass is 9.85. The summed E-state index contributed by atoms with van der Waals surface area (Å²) in [6.07, 6.45) is 0.631. The summed E-state index contributed by atoms with van der Waals surface area (Å²) in [6, 6.07) is -0.155. The van der Waals surface area contributed by atoms with E-state index in [1.165, 1.54) is 0 Å². The van der Waals surface area contributed by atoms with Crippen LogP contribution in [0.1, 0.15) is 41.0 Å². The van der Waals surface area contributed by atoms with Crippen molar-refractivity contribution in [3.05, 3.63) is 0 Å². The van der Waals surface area contributed by atoms with Gasteiger partial charge in [-0.1, -0.05) is 34.6 Å². The van der Waals surface area contributed by atoms with Crippen LogP contribution in [0.25, 0.3) is 0 Å². The number of rotatable bonds is 7. The van der Waals surface area contributed by atoms with Gasteiger partial charge < -0.3 is 5.73 Å². The molecule has 0 radical (unpaired) electrons. The number of nitrogens with two attached hydrogens (primary N) is 1. The summed E-state index contributed by atoms with van der Waals surface area (Å²) in [5.41, 5.74) is 5.37. The highest BCUT2D eigenvalue weighted by Crippen LogP contribution is 2.21. The van der Waals surface area contributed by atoms with Gasteiger partial charge in [0.25, 0.3) is 10.2 Å². The minimum absolute atomic E-state index is 0.147. The molecule has 0 aliphatic heterocycles. The Hall–Kier alpha value is -0.170. The molecule has 0 spiro atoms. The molecule has 0 fully saturated rings. The first-order valence-electron chi connectivity index (χ1n) is 6.05. The second-order valence-electron chi connectivity index (χ2n) is 5.86. The van der Waals surface area contributed by atoms with Crippen molar-refractivity contribution >= 4 is 10.2 Å². The summed E-state index contributed by atoms with van der Waals surface area (Å²) >= 11 is 0. The molecule has 104 valence electrons. The maximum absolute atomic E-state index is 11.8. The SMILES string of the molecule is CC(C)CNS(=O)(=O)NC(CCN)C(C)(C)C. The van der Waals surface area contributed by atoms with Crippen LogP contribution in [0.3, 0.4) is 0 Å². The van der Waals surface area contributed by atoms with E-state index in [0.29, 0.717) is 19.5 Å². The Morgan fingerprint density at radius 3 is 2.12 bits per heavy atom. The average Bonchev–Trinajstić information content (AvgIpc) is 2.13. The lowest BCUT2D eigenvalue weighted by Gasteiger charge is -2.31. The van der Waals surface area contributed by atoms with Crippen LogP contribution in [0.5, 0.6) is 0 Å². The second-order valence-corrected chi connectivity index (χ2v) is 7.39. The molecule has 5 nitrogen and oxygen atoms in total. The standard InChI is InChI=1S/C11H27N3O2S/c1-9(2)8-13-17(15,16)14-10(6-7-12)11(3,4)5/h9-10,13-14H,6-8,12H2,1-5H3. The zero-order valence-electron chi connectivity index (χ0n) is 11.6. The van der Waals surface area contributed by atoms with Gasteiger partial charge in [0.2, 0.25) is 0 Å². The van der Waals surface area contributed by atoms with Gasteiger partial charge in [-0.2, -0.15) is 13.1 Å². The molecule has 1 atom stereocenters. The summed E-state index contributed by atoms with van der Waals surface area (Å²) < 4.78 is 28.8. The maximum Gasteiger partial charge on any atom is 0.277 e. The third kappa shape index (κ3) is 7.70. The third-order valence-electron chi connectivity index (χ3n) is 2.48. The molecular weight excluding hydrogens is 238 g/mol.